The van der Waals surface area contributed by atoms with Crippen LogP contribution in [0.5, 0.6) is 0 Å². The van der Waals surface area contributed by atoms with E-state index in [4.69, 9.17) is 11.6 Å². The van der Waals surface area contributed by atoms with Crippen LogP contribution in [-0.2, 0) is 9.59 Å². The normalized spacial score (nSPS) is 11.7. The molecule has 240 valence electrons. The molecule has 0 saturated carbocycles. The number of carboxylic acid groups (broad SMARTS) is 1. The van der Waals surface area contributed by atoms with Gasteiger partial charge in [0.05, 0.1) is 10.6 Å². The summed E-state index contributed by atoms with van der Waals surface area (Å²) >= 11 is 7.27. The molecule has 1 atom stereocenters. The summed E-state index contributed by atoms with van der Waals surface area (Å²) in [4.78, 5) is 52.5. The Balaban J connectivity index is 1.38. The molecule has 5 aromatic rings. The van der Waals surface area contributed by atoms with Gasteiger partial charge < -0.3 is 21.1 Å². The van der Waals surface area contributed by atoms with Crippen molar-refractivity contribution >= 4 is 64.5 Å². The SMILES string of the molecule is Cc1cccc(/C=C(/NC(=O)c2ccccc2)C(=O)Nc2cccc(SC(C(=O)Nc3ccc(Cl)c(C(=O)O)c3)c3ccccc3)c2)c1. The molecule has 0 saturated heterocycles. The van der Waals surface area contributed by atoms with E-state index in [-0.39, 0.29) is 27.9 Å². The van der Waals surface area contributed by atoms with E-state index in [1.807, 2.05) is 67.6 Å². The van der Waals surface area contributed by atoms with E-state index in [2.05, 4.69) is 16.0 Å². The number of amides is 3. The van der Waals surface area contributed by atoms with Crippen LogP contribution in [0.25, 0.3) is 6.08 Å². The number of aryl methyl sites for hydroxylation is 1. The lowest BCUT2D eigenvalue weighted by Gasteiger charge is -2.18. The number of rotatable bonds is 11. The molecule has 0 aliphatic heterocycles. The van der Waals surface area contributed by atoms with E-state index < -0.39 is 23.0 Å². The predicted molar refractivity (Wildman–Crippen MR) is 190 cm³/mol. The summed E-state index contributed by atoms with van der Waals surface area (Å²) in [7, 11) is 0. The quantitative estimate of drug-likeness (QED) is 0.0826. The molecule has 0 radical (unpaired) electrons. The van der Waals surface area contributed by atoms with Crippen LogP contribution in [0.2, 0.25) is 5.02 Å². The first-order valence-corrected chi connectivity index (χ1v) is 16.0. The third-order valence-corrected chi connectivity index (χ3v) is 8.61. The van der Waals surface area contributed by atoms with Gasteiger partial charge in [0, 0.05) is 21.8 Å². The van der Waals surface area contributed by atoms with Crippen molar-refractivity contribution in [3.8, 4) is 0 Å². The van der Waals surface area contributed by atoms with Gasteiger partial charge in [0.15, 0.2) is 0 Å². The molecule has 8 nitrogen and oxygen atoms in total. The van der Waals surface area contributed by atoms with Gasteiger partial charge in [-0.15, -0.1) is 11.8 Å². The summed E-state index contributed by atoms with van der Waals surface area (Å²) in [6.07, 6.45) is 1.62. The molecular weight excluding hydrogens is 646 g/mol. The second kappa shape index (κ2) is 15.8. The van der Waals surface area contributed by atoms with E-state index in [0.29, 0.717) is 21.7 Å². The third-order valence-electron chi connectivity index (χ3n) is 7.03. The van der Waals surface area contributed by atoms with Crippen LogP contribution < -0.4 is 16.0 Å². The van der Waals surface area contributed by atoms with Crippen molar-refractivity contribution in [1.82, 2.24) is 5.32 Å². The molecule has 5 rings (SSSR count). The first kappa shape index (κ1) is 33.7. The van der Waals surface area contributed by atoms with Crippen molar-refractivity contribution in [3.63, 3.8) is 0 Å². The van der Waals surface area contributed by atoms with Crippen LogP contribution in [0.15, 0.2) is 138 Å². The fourth-order valence-corrected chi connectivity index (χ4v) is 6.01. The van der Waals surface area contributed by atoms with E-state index in [1.165, 1.54) is 30.0 Å². The summed E-state index contributed by atoms with van der Waals surface area (Å²) in [5, 5.41) is 17.2. The van der Waals surface area contributed by atoms with Crippen LogP contribution in [0.3, 0.4) is 0 Å². The van der Waals surface area contributed by atoms with Crippen LogP contribution in [0.4, 0.5) is 11.4 Å². The number of aromatic carboxylic acids is 1. The number of hydrogen-bond donors (Lipinski definition) is 4. The lowest BCUT2D eigenvalue weighted by molar-refractivity contribution is -0.116. The number of carboxylic acids is 1. The van der Waals surface area contributed by atoms with Gasteiger partial charge in [-0.25, -0.2) is 4.79 Å². The smallest absolute Gasteiger partial charge is 0.337 e. The maximum absolute atomic E-state index is 13.6. The van der Waals surface area contributed by atoms with Crippen molar-refractivity contribution in [1.29, 1.82) is 0 Å². The molecular formula is C38H30ClN3O5S. The second-order valence-corrected chi connectivity index (χ2v) is 12.3. The maximum atomic E-state index is 13.6. The number of hydrogen-bond acceptors (Lipinski definition) is 5. The van der Waals surface area contributed by atoms with Crippen molar-refractivity contribution in [2.75, 3.05) is 10.6 Å². The molecule has 0 bridgehead atoms. The number of anilines is 2. The highest BCUT2D eigenvalue weighted by Gasteiger charge is 2.23. The van der Waals surface area contributed by atoms with Crippen LogP contribution in [-0.4, -0.2) is 28.8 Å². The number of halogens is 1. The zero-order valence-electron chi connectivity index (χ0n) is 25.6. The van der Waals surface area contributed by atoms with E-state index in [0.717, 1.165) is 11.1 Å². The van der Waals surface area contributed by atoms with Gasteiger partial charge >= 0.3 is 5.97 Å². The van der Waals surface area contributed by atoms with E-state index >= 15 is 0 Å². The van der Waals surface area contributed by atoms with Gasteiger partial charge in [-0.3, -0.25) is 14.4 Å². The number of carbonyl (C=O) groups is 4. The largest absolute Gasteiger partial charge is 0.478 e. The molecule has 0 aliphatic carbocycles. The van der Waals surface area contributed by atoms with Gasteiger partial charge in [0.2, 0.25) is 5.91 Å². The average molecular weight is 676 g/mol. The Hall–Kier alpha value is -5.64. The van der Waals surface area contributed by atoms with Gasteiger partial charge in [-0.05, 0) is 72.7 Å². The molecule has 0 heterocycles. The molecule has 5 aromatic carbocycles. The molecule has 1 unspecified atom stereocenters. The van der Waals surface area contributed by atoms with Crippen molar-refractivity contribution in [3.05, 3.63) is 166 Å². The molecule has 10 heteroatoms. The summed E-state index contributed by atoms with van der Waals surface area (Å²) in [5.41, 5.74) is 3.52. The number of benzene rings is 5. The minimum absolute atomic E-state index is 0.0535. The van der Waals surface area contributed by atoms with Crippen LogP contribution >= 0.6 is 23.4 Å². The average Bonchev–Trinajstić information content (AvgIpc) is 3.08. The zero-order chi connectivity index (χ0) is 34.0. The minimum Gasteiger partial charge on any atom is -0.478 e. The predicted octanol–water partition coefficient (Wildman–Crippen LogP) is 8.23. The Labute approximate surface area is 286 Å². The fourth-order valence-electron chi connectivity index (χ4n) is 4.73. The van der Waals surface area contributed by atoms with Gasteiger partial charge in [0.25, 0.3) is 11.8 Å². The Kier molecular flexibility index (Phi) is 11.1. The van der Waals surface area contributed by atoms with Crippen molar-refractivity contribution < 1.29 is 24.3 Å². The zero-order valence-corrected chi connectivity index (χ0v) is 27.2. The first-order valence-electron chi connectivity index (χ1n) is 14.8. The monoisotopic (exact) mass is 675 g/mol. The highest BCUT2D eigenvalue weighted by molar-refractivity contribution is 8.00. The van der Waals surface area contributed by atoms with E-state index in [1.54, 1.807) is 54.6 Å². The summed E-state index contributed by atoms with van der Waals surface area (Å²) in [5.74, 6) is -2.55. The minimum atomic E-state index is -1.21. The molecule has 48 heavy (non-hydrogen) atoms. The number of nitrogens with one attached hydrogen (secondary N) is 3. The molecule has 3 amide bonds. The topological polar surface area (TPSA) is 125 Å². The molecule has 0 aromatic heterocycles. The highest BCUT2D eigenvalue weighted by Crippen LogP contribution is 2.37. The summed E-state index contributed by atoms with van der Waals surface area (Å²) < 4.78 is 0. The molecule has 4 N–H and O–H groups in total. The van der Waals surface area contributed by atoms with Gasteiger partial charge in [-0.1, -0.05) is 96.0 Å². The Morgan fingerprint density at radius 3 is 2.15 bits per heavy atom. The fraction of sp³-hybridized carbons (Fsp3) is 0.0526. The lowest BCUT2D eigenvalue weighted by atomic mass is 10.1. The standard InChI is InChI=1S/C38H30ClN3O5S/c1-24-10-8-11-25(20-24)21-33(42-35(43)27-14-6-3-7-15-27)36(44)40-28-16-9-17-30(22-28)48-34(26-12-4-2-5-13-26)37(45)41-29-18-19-32(39)31(23-29)38(46)47/h2-23,34H,1H3,(H,40,44)(H,41,45)(H,42,43)(H,46,47)/b33-21+. The second-order valence-electron chi connectivity index (χ2n) is 10.7. The molecule has 0 fully saturated rings. The Morgan fingerprint density at radius 1 is 0.750 bits per heavy atom. The van der Waals surface area contributed by atoms with E-state index in [9.17, 15) is 24.3 Å². The van der Waals surface area contributed by atoms with Crippen LogP contribution in [0, 0.1) is 6.92 Å². The van der Waals surface area contributed by atoms with Crippen molar-refractivity contribution in [2.45, 2.75) is 17.1 Å². The van der Waals surface area contributed by atoms with Gasteiger partial charge in [0.1, 0.15) is 10.9 Å². The number of carbonyl (C=O) groups excluding carboxylic acids is 3. The Bertz CT molecular complexity index is 2000. The summed E-state index contributed by atoms with van der Waals surface area (Å²) in [6.45, 7) is 1.94. The number of thioether (sulfide) groups is 1. The van der Waals surface area contributed by atoms with Gasteiger partial charge in [-0.2, -0.15) is 0 Å². The van der Waals surface area contributed by atoms with Crippen molar-refractivity contribution in [2.24, 2.45) is 0 Å². The first-order chi connectivity index (χ1) is 23.2. The molecule has 0 spiro atoms. The Morgan fingerprint density at radius 2 is 1.44 bits per heavy atom. The van der Waals surface area contributed by atoms with Crippen LogP contribution in [0.1, 0.15) is 42.7 Å². The lowest BCUT2D eigenvalue weighted by Crippen LogP contribution is -2.30. The summed E-state index contributed by atoms with van der Waals surface area (Å²) in [6, 6.07) is 36.6. The third kappa shape index (κ3) is 9.00. The maximum Gasteiger partial charge on any atom is 0.337 e. The molecule has 0 aliphatic rings. The highest BCUT2D eigenvalue weighted by atomic mass is 35.5.